The van der Waals surface area contributed by atoms with Crippen LogP contribution in [-0.2, 0) is 0 Å². The lowest BCUT2D eigenvalue weighted by atomic mass is 10.2. The standard InChI is InChI=1S/C15H14N2O/c1-11-6-5-7-12-10-16-15(17(11)12)13-8-3-4-9-14(13)18-2/h3-10H,1-2H3. The van der Waals surface area contributed by atoms with Crippen LogP contribution in [0.3, 0.4) is 0 Å². The number of hydrogen-bond donors (Lipinski definition) is 0. The van der Waals surface area contributed by atoms with Gasteiger partial charge in [-0.25, -0.2) is 4.98 Å². The van der Waals surface area contributed by atoms with E-state index in [2.05, 4.69) is 28.4 Å². The maximum absolute atomic E-state index is 5.40. The number of rotatable bonds is 2. The fraction of sp³-hybridized carbons (Fsp3) is 0.133. The molecule has 1 aromatic carbocycles. The lowest BCUT2D eigenvalue weighted by Gasteiger charge is -2.09. The summed E-state index contributed by atoms with van der Waals surface area (Å²) in [5.41, 5.74) is 3.26. The highest BCUT2D eigenvalue weighted by Crippen LogP contribution is 2.29. The zero-order valence-electron chi connectivity index (χ0n) is 10.4. The van der Waals surface area contributed by atoms with Crippen molar-refractivity contribution in [3.8, 4) is 17.1 Å². The third kappa shape index (κ3) is 1.56. The molecular formula is C15H14N2O. The number of hydrogen-bond acceptors (Lipinski definition) is 2. The van der Waals surface area contributed by atoms with Crippen LogP contribution in [0.5, 0.6) is 5.75 Å². The van der Waals surface area contributed by atoms with Crippen molar-refractivity contribution in [2.75, 3.05) is 7.11 Å². The van der Waals surface area contributed by atoms with Crippen molar-refractivity contribution < 1.29 is 4.74 Å². The van der Waals surface area contributed by atoms with Crippen LogP contribution in [0, 0.1) is 6.92 Å². The van der Waals surface area contributed by atoms with Gasteiger partial charge >= 0.3 is 0 Å². The van der Waals surface area contributed by atoms with Gasteiger partial charge in [-0.1, -0.05) is 18.2 Å². The van der Waals surface area contributed by atoms with Crippen LogP contribution in [0.4, 0.5) is 0 Å². The van der Waals surface area contributed by atoms with Crippen molar-refractivity contribution in [1.82, 2.24) is 9.38 Å². The van der Waals surface area contributed by atoms with Crippen LogP contribution in [0.2, 0.25) is 0 Å². The number of aryl methyl sites for hydroxylation is 1. The van der Waals surface area contributed by atoms with E-state index in [1.807, 2.05) is 36.5 Å². The SMILES string of the molecule is COc1ccccc1-c1ncc2cccc(C)n12. The van der Waals surface area contributed by atoms with Crippen molar-refractivity contribution in [1.29, 1.82) is 0 Å². The molecule has 3 heteroatoms. The van der Waals surface area contributed by atoms with Gasteiger partial charge < -0.3 is 4.74 Å². The lowest BCUT2D eigenvalue weighted by Crippen LogP contribution is -1.95. The molecule has 0 fully saturated rings. The Morgan fingerprint density at radius 3 is 2.72 bits per heavy atom. The molecule has 90 valence electrons. The van der Waals surface area contributed by atoms with E-state index < -0.39 is 0 Å². The number of imidazole rings is 1. The smallest absolute Gasteiger partial charge is 0.148 e. The van der Waals surface area contributed by atoms with Crippen LogP contribution in [0.1, 0.15) is 5.69 Å². The summed E-state index contributed by atoms with van der Waals surface area (Å²) < 4.78 is 7.54. The molecule has 3 nitrogen and oxygen atoms in total. The summed E-state index contributed by atoms with van der Waals surface area (Å²) in [5.74, 6) is 1.76. The number of fused-ring (bicyclic) bond motifs is 1. The van der Waals surface area contributed by atoms with Gasteiger partial charge in [0.2, 0.25) is 0 Å². The molecule has 0 saturated carbocycles. The van der Waals surface area contributed by atoms with Crippen LogP contribution < -0.4 is 4.74 Å². The highest BCUT2D eigenvalue weighted by Gasteiger charge is 2.11. The van der Waals surface area contributed by atoms with E-state index in [4.69, 9.17) is 4.74 Å². The fourth-order valence-electron chi connectivity index (χ4n) is 2.23. The maximum Gasteiger partial charge on any atom is 0.148 e. The predicted molar refractivity (Wildman–Crippen MR) is 71.9 cm³/mol. The summed E-state index contributed by atoms with van der Waals surface area (Å²) in [7, 11) is 1.68. The molecule has 0 N–H and O–H groups in total. The second-order valence-electron chi connectivity index (χ2n) is 4.21. The molecule has 0 amide bonds. The van der Waals surface area contributed by atoms with E-state index in [-0.39, 0.29) is 0 Å². The van der Waals surface area contributed by atoms with E-state index in [0.29, 0.717) is 0 Å². The Bertz CT molecular complexity index is 701. The van der Waals surface area contributed by atoms with Gasteiger partial charge in [0, 0.05) is 5.69 Å². The van der Waals surface area contributed by atoms with Gasteiger partial charge in [-0.2, -0.15) is 0 Å². The quantitative estimate of drug-likeness (QED) is 0.684. The average Bonchev–Trinajstić information content (AvgIpc) is 2.84. The molecule has 0 bridgehead atoms. The van der Waals surface area contributed by atoms with Crippen LogP contribution in [0.25, 0.3) is 16.9 Å². The zero-order chi connectivity index (χ0) is 12.5. The fourth-order valence-corrected chi connectivity index (χ4v) is 2.23. The molecule has 0 unspecified atom stereocenters. The molecule has 3 rings (SSSR count). The van der Waals surface area contributed by atoms with Crippen LogP contribution >= 0.6 is 0 Å². The first kappa shape index (κ1) is 10.8. The van der Waals surface area contributed by atoms with Gasteiger partial charge in [0.1, 0.15) is 11.6 Å². The predicted octanol–water partition coefficient (Wildman–Crippen LogP) is 3.32. The molecule has 2 aromatic heterocycles. The molecule has 0 aliphatic rings. The number of para-hydroxylation sites is 1. The molecule has 3 aromatic rings. The van der Waals surface area contributed by atoms with Gasteiger partial charge in [0.25, 0.3) is 0 Å². The summed E-state index contributed by atoms with van der Waals surface area (Å²) in [6.07, 6.45) is 1.88. The summed E-state index contributed by atoms with van der Waals surface area (Å²) >= 11 is 0. The number of benzene rings is 1. The Hall–Kier alpha value is -2.29. The number of nitrogens with zero attached hydrogens (tertiary/aromatic N) is 2. The largest absolute Gasteiger partial charge is 0.496 e. The summed E-state index contributed by atoms with van der Waals surface area (Å²) in [4.78, 5) is 4.52. The van der Waals surface area contributed by atoms with Gasteiger partial charge in [0.15, 0.2) is 0 Å². The van der Waals surface area contributed by atoms with E-state index in [1.165, 1.54) is 0 Å². The highest BCUT2D eigenvalue weighted by molar-refractivity contribution is 5.68. The zero-order valence-corrected chi connectivity index (χ0v) is 10.4. The van der Waals surface area contributed by atoms with Crippen molar-refractivity contribution in [3.63, 3.8) is 0 Å². The summed E-state index contributed by atoms with van der Waals surface area (Å²) in [6.45, 7) is 2.08. The molecule has 0 radical (unpaired) electrons. The first-order valence-corrected chi connectivity index (χ1v) is 5.88. The Morgan fingerprint density at radius 1 is 1.06 bits per heavy atom. The third-order valence-electron chi connectivity index (χ3n) is 3.09. The molecular weight excluding hydrogens is 224 g/mol. The van der Waals surface area contributed by atoms with E-state index in [1.54, 1.807) is 7.11 Å². The lowest BCUT2D eigenvalue weighted by molar-refractivity contribution is 0.416. The van der Waals surface area contributed by atoms with Gasteiger partial charge in [-0.05, 0) is 31.2 Å². The van der Waals surface area contributed by atoms with Gasteiger partial charge in [-0.3, -0.25) is 4.40 Å². The first-order chi connectivity index (χ1) is 8.81. The monoisotopic (exact) mass is 238 g/mol. The minimum absolute atomic E-state index is 0.841. The van der Waals surface area contributed by atoms with Crippen LogP contribution in [0.15, 0.2) is 48.7 Å². The Balaban J connectivity index is 2.32. The van der Waals surface area contributed by atoms with E-state index in [0.717, 1.165) is 28.3 Å². The second kappa shape index (κ2) is 4.18. The van der Waals surface area contributed by atoms with Crippen molar-refractivity contribution in [2.24, 2.45) is 0 Å². The number of aromatic nitrogens is 2. The Kier molecular flexibility index (Phi) is 2.52. The molecule has 0 saturated heterocycles. The molecule has 0 aliphatic heterocycles. The van der Waals surface area contributed by atoms with Crippen molar-refractivity contribution in [3.05, 3.63) is 54.4 Å². The number of pyridine rings is 1. The molecule has 2 heterocycles. The topological polar surface area (TPSA) is 26.5 Å². The normalized spacial score (nSPS) is 10.8. The molecule has 18 heavy (non-hydrogen) atoms. The minimum Gasteiger partial charge on any atom is -0.496 e. The third-order valence-corrected chi connectivity index (χ3v) is 3.09. The van der Waals surface area contributed by atoms with Crippen molar-refractivity contribution in [2.45, 2.75) is 6.92 Å². The summed E-state index contributed by atoms with van der Waals surface area (Å²) in [6, 6.07) is 14.1. The summed E-state index contributed by atoms with van der Waals surface area (Å²) in [5, 5.41) is 0. The van der Waals surface area contributed by atoms with Gasteiger partial charge in [0.05, 0.1) is 24.4 Å². The van der Waals surface area contributed by atoms with Crippen molar-refractivity contribution >= 4 is 5.52 Å². The average molecular weight is 238 g/mol. The van der Waals surface area contributed by atoms with E-state index >= 15 is 0 Å². The number of methoxy groups -OCH3 is 1. The maximum atomic E-state index is 5.40. The molecule has 0 spiro atoms. The first-order valence-electron chi connectivity index (χ1n) is 5.88. The molecule has 0 atom stereocenters. The Labute approximate surface area is 106 Å². The van der Waals surface area contributed by atoms with E-state index in [9.17, 15) is 0 Å². The van der Waals surface area contributed by atoms with Gasteiger partial charge in [-0.15, -0.1) is 0 Å². The number of ether oxygens (including phenoxy) is 1. The highest BCUT2D eigenvalue weighted by atomic mass is 16.5. The second-order valence-corrected chi connectivity index (χ2v) is 4.21. The Morgan fingerprint density at radius 2 is 1.89 bits per heavy atom. The molecule has 0 aliphatic carbocycles. The van der Waals surface area contributed by atoms with Crippen LogP contribution in [-0.4, -0.2) is 16.5 Å². The minimum atomic E-state index is 0.841.